The Morgan fingerprint density at radius 1 is 1.20 bits per heavy atom. The number of anilines is 1. The molecule has 128 valence electrons. The second-order valence-corrected chi connectivity index (χ2v) is 6.04. The van der Waals surface area contributed by atoms with Gasteiger partial charge in [0.05, 0.1) is 24.8 Å². The number of hydrogen-bond acceptors (Lipinski definition) is 7. The number of methoxy groups -OCH3 is 1. The number of thioether (sulfide) groups is 1. The Bertz CT molecular complexity index is 849. The fourth-order valence-corrected chi connectivity index (χ4v) is 3.03. The van der Waals surface area contributed by atoms with Gasteiger partial charge in [0.2, 0.25) is 5.91 Å². The second kappa shape index (κ2) is 7.27. The third-order valence-corrected chi connectivity index (χ3v) is 4.34. The van der Waals surface area contributed by atoms with E-state index in [4.69, 9.17) is 4.74 Å². The normalized spacial score (nSPS) is 16.1. The molecule has 2 aromatic rings. The predicted octanol–water partition coefficient (Wildman–Crippen LogP) is 2.58. The molecule has 0 radical (unpaired) electrons. The van der Waals surface area contributed by atoms with Gasteiger partial charge in [0.1, 0.15) is 5.75 Å². The van der Waals surface area contributed by atoms with Crippen LogP contribution in [-0.4, -0.2) is 40.4 Å². The van der Waals surface area contributed by atoms with Gasteiger partial charge in [-0.3, -0.25) is 9.69 Å². The fourth-order valence-electron chi connectivity index (χ4n) is 2.21. The second-order valence-electron chi connectivity index (χ2n) is 5.09. The lowest BCUT2D eigenvalue weighted by Crippen LogP contribution is -2.28. The SMILES string of the molecule is COc1cc(/C=N/N=C2\SCC(=O)N2c2ccc(O)cc2)ccc1O. The molecule has 7 nitrogen and oxygen atoms in total. The number of carbonyl (C=O) groups excluding carboxylic acids is 1. The molecule has 1 aliphatic heterocycles. The Hall–Kier alpha value is -3.00. The summed E-state index contributed by atoms with van der Waals surface area (Å²) in [5.41, 5.74) is 1.32. The Kier molecular flexibility index (Phi) is 4.90. The van der Waals surface area contributed by atoms with Gasteiger partial charge in [-0.25, -0.2) is 0 Å². The zero-order valence-electron chi connectivity index (χ0n) is 13.3. The van der Waals surface area contributed by atoms with Gasteiger partial charge in [-0.2, -0.15) is 5.10 Å². The number of aromatic hydroxyl groups is 2. The van der Waals surface area contributed by atoms with Crippen LogP contribution in [0.5, 0.6) is 17.2 Å². The first-order valence-electron chi connectivity index (χ1n) is 7.31. The first-order chi connectivity index (χ1) is 12.1. The van der Waals surface area contributed by atoms with Crippen molar-refractivity contribution in [2.45, 2.75) is 0 Å². The summed E-state index contributed by atoms with van der Waals surface area (Å²) < 4.78 is 5.04. The molecule has 8 heteroatoms. The summed E-state index contributed by atoms with van der Waals surface area (Å²) in [6.45, 7) is 0. The van der Waals surface area contributed by atoms with Gasteiger partial charge in [0.25, 0.3) is 0 Å². The lowest BCUT2D eigenvalue weighted by molar-refractivity contribution is -0.115. The number of amides is 1. The van der Waals surface area contributed by atoms with Crippen LogP contribution in [0.25, 0.3) is 0 Å². The maximum absolute atomic E-state index is 12.1. The molecule has 0 atom stereocenters. The summed E-state index contributed by atoms with van der Waals surface area (Å²) >= 11 is 1.29. The van der Waals surface area contributed by atoms with E-state index in [-0.39, 0.29) is 23.2 Å². The summed E-state index contributed by atoms with van der Waals surface area (Å²) in [7, 11) is 1.46. The minimum atomic E-state index is -0.101. The van der Waals surface area contributed by atoms with E-state index < -0.39 is 0 Å². The molecule has 0 spiro atoms. The number of rotatable bonds is 4. The van der Waals surface area contributed by atoms with E-state index in [2.05, 4.69) is 10.2 Å². The van der Waals surface area contributed by atoms with Gasteiger partial charge >= 0.3 is 0 Å². The topological polar surface area (TPSA) is 94.7 Å². The molecule has 1 saturated heterocycles. The van der Waals surface area contributed by atoms with Crippen LogP contribution < -0.4 is 9.64 Å². The molecule has 25 heavy (non-hydrogen) atoms. The fraction of sp³-hybridized carbons (Fsp3) is 0.118. The number of nitrogens with zero attached hydrogens (tertiary/aromatic N) is 3. The largest absolute Gasteiger partial charge is 0.508 e. The van der Waals surface area contributed by atoms with E-state index in [9.17, 15) is 15.0 Å². The van der Waals surface area contributed by atoms with Crippen molar-refractivity contribution in [3.05, 3.63) is 48.0 Å². The van der Waals surface area contributed by atoms with E-state index in [0.29, 0.717) is 22.2 Å². The van der Waals surface area contributed by atoms with Crippen molar-refractivity contribution in [2.75, 3.05) is 17.8 Å². The maximum Gasteiger partial charge on any atom is 0.243 e. The van der Waals surface area contributed by atoms with E-state index in [1.807, 2.05) is 0 Å². The standard InChI is InChI=1S/C17H15N3O4S/c1-24-15-8-11(2-7-14(15)22)9-18-19-17-20(16(23)10-25-17)12-3-5-13(21)6-4-12/h2-9,21-22H,10H2,1H3/b18-9+,19-17-. The molecule has 1 amide bonds. The summed E-state index contributed by atoms with van der Waals surface area (Å²) in [4.78, 5) is 13.5. The zero-order chi connectivity index (χ0) is 17.8. The van der Waals surface area contributed by atoms with Crippen LogP contribution in [-0.2, 0) is 4.79 Å². The average molecular weight is 357 g/mol. The van der Waals surface area contributed by atoms with Gasteiger partial charge < -0.3 is 14.9 Å². The van der Waals surface area contributed by atoms with Crippen LogP contribution in [0.2, 0.25) is 0 Å². The molecule has 1 aliphatic rings. The number of hydrogen-bond donors (Lipinski definition) is 2. The number of phenolic OH excluding ortho intramolecular Hbond substituents is 2. The van der Waals surface area contributed by atoms with Gasteiger partial charge in [-0.05, 0) is 48.0 Å². The highest BCUT2D eigenvalue weighted by Gasteiger charge is 2.29. The van der Waals surface area contributed by atoms with E-state index in [0.717, 1.165) is 0 Å². The van der Waals surface area contributed by atoms with Gasteiger partial charge in [-0.1, -0.05) is 11.8 Å². The number of amidine groups is 1. The number of phenols is 2. The average Bonchev–Trinajstić information content (AvgIpc) is 2.98. The number of carbonyl (C=O) groups is 1. The molecule has 0 saturated carbocycles. The van der Waals surface area contributed by atoms with Crippen LogP contribution in [0.15, 0.2) is 52.7 Å². The van der Waals surface area contributed by atoms with Gasteiger partial charge in [-0.15, -0.1) is 5.10 Å². The van der Waals surface area contributed by atoms with E-state index >= 15 is 0 Å². The van der Waals surface area contributed by atoms with Crippen LogP contribution in [0.3, 0.4) is 0 Å². The predicted molar refractivity (Wildman–Crippen MR) is 97.7 cm³/mol. The molecule has 0 bridgehead atoms. The highest BCUT2D eigenvalue weighted by atomic mass is 32.2. The molecule has 0 aliphatic carbocycles. The quantitative estimate of drug-likeness (QED) is 0.648. The Balaban J connectivity index is 1.82. The molecule has 0 unspecified atom stereocenters. The molecular formula is C17H15N3O4S. The molecule has 2 aromatic carbocycles. The first-order valence-corrected chi connectivity index (χ1v) is 8.30. The molecule has 1 heterocycles. The third-order valence-electron chi connectivity index (χ3n) is 3.43. The van der Waals surface area contributed by atoms with Crippen molar-refractivity contribution in [3.63, 3.8) is 0 Å². The highest BCUT2D eigenvalue weighted by Crippen LogP contribution is 2.28. The van der Waals surface area contributed by atoms with Crippen molar-refractivity contribution in [1.29, 1.82) is 0 Å². The molecule has 0 aromatic heterocycles. The monoisotopic (exact) mass is 357 g/mol. The van der Waals surface area contributed by atoms with E-state index in [1.54, 1.807) is 24.3 Å². The lowest BCUT2D eigenvalue weighted by atomic mass is 10.2. The van der Waals surface area contributed by atoms with Crippen LogP contribution in [0, 0.1) is 0 Å². The third kappa shape index (κ3) is 3.74. The smallest absolute Gasteiger partial charge is 0.243 e. The van der Waals surface area contributed by atoms with Gasteiger partial charge in [0.15, 0.2) is 16.7 Å². The zero-order valence-corrected chi connectivity index (χ0v) is 14.1. The molecule has 3 rings (SSSR count). The van der Waals surface area contributed by atoms with Crippen LogP contribution in [0.4, 0.5) is 5.69 Å². The highest BCUT2D eigenvalue weighted by molar-refractivity contribution is 8.15. The molecular weight excluding hydrogens is 342 g/mol. The Morgan fingerprint density at radius 2 is 1.96 bits per heavy atom. The number of ether oxygens (including phenoxy) is 1. The van der Waals surface area contributed by atoms with Crippen molar-refractivity contribution < 1.29 is 19.7 Å². The van der Waals surface area contributed by atoms with E-state index in [1.165, 1.54) is 48.2 Å². The summed E-state index contributed by atoms with van der Waals surface area (Å²) in [6.07, 6.45) is 1.51. The summed E-state index contributed by atoms with van der Waals surface area (Å²) in [5.74, 6) is 0.688. The first kappa shape index (κ1) is 16.8. The van der Waals surface area contributed by atoms with Crippen molar-refractivity contribution in [2.24, 2.45) is 10.2 Å². The summed E-state index contributed by atoms with van der Waals surface area (Å²) in [5, 5.41) is 27.5. The van der Waals surface area contributed by atoms with Gasteiger partial charge in [0, 0.05) is 0 Å². The van der Waals surface area contributed by atoms with Crippen molar-refractivity contribution in [3.8, 4) is 17.2 Å². The summed E-state index contributed by atoms with van der Waals surface area (Å²) in [6, 6.07) is 11.1. The number of benzene rings is 2. The minimum Gasteiger partial charge on any atom is -0.508 e. The Labute approximate surface area is 148 Å². The lowest BCUT2D eigenvalue weighted by Gasteiger charge is -2.14. The van der Waals surface area contributed by atoms with Crippen molar-refractivity contribution in [1.82, 2.24) is 0 Å². The maximum atomic E-state index is 12.1. The minimum absolute atomic E-state index is 0.0430. The molecule has 2 N–H and O–H groups in total. The Morgan fingerprint density at radius 3 is 2.68 bits per heavy atom. The van der Waals surface area contributed by atoms with Crippen molar-refractivity contribution >= 4 is 34.7 Å². The van der Waals surface area contributed by atoms with Crippen LogP contribution >= 0.6 is 11.8 Å². The van der Waals surface area contributed by atoms with Crippen LogP contribution in [0.1, 0.15) is 5.56 Å². The molecule has 1 fully saturated rings.